The van der Waals surface area contributed by atoms with Gasteiger partial charge >= 0.3 is 0 Å². The summed E-state index contributed by atoms with van der Waals surface area (Å²) in [6.45, 7) is 7.17. The van der Waals surface area contributed by atoms with Gasteiger partial charge in [-0.15, -0.1) is 12.4 Å². The van der Waals surface area contributed by atoms with E-state index in [2.05, 4.69) is 4.72 Å². The Balaban J connectivity index is 0.00000441. The van der Waals surface area contributed by atoms with Gasteiger partial charge in [-0.1, -0.05) is 0 Å². The van der Waals surface area contributed by atoms with Crippen LogP contribution in [0.1, 0.15) is 20.8 Å². The van der Waals surface area contributed by atoms with Gasteiger partial charge in [0.05, 0.1) is 11.5 Å². The normalized spacial score (nSPS) is 11.8. The lowest BCUT2D eigenvalue weighted by Crippen LogP contribution is -2.45. The summed E-state index contributed by atoms with van der Waals surface area (Å²) in [5, 5.41) is 0. The van der Waals surface area contributed by atoms with E-state index in [0.717, 1.165) is 0 Å². The zero-order chi connectivity index (χ0) is 15.9. The standard InChI is InChI=1S/C14H24N2O4S.ClH/c1-4-19-9-10-20-12-5-7-13(8-6-12)21(17,18)16-11-14(2,3)15;/h5-8,16H,4,9-11,15H2,1-3H3;1H. The number of rotatable bonds is 9. The van der Waals surface area contributed by atoms with Crippen LogP contribution in [0, 0.1) is 0 Å². The minimum Gasteiger partial charge on any atom is -0.491 e. The highest BCUT2D eigenvalue weighted by Gasteiger charge is 2.18. The molecule has 6 nitrogen and oxygen atoms in total. The number of sulfonamides is 1. The SMILES string of the molecule is CCOCCOc1ccc(S(=O)(=O)NCC(C)(C)N)cc1.Cl. The molecule has 0 fully saturated rings. The molecule has 3 N–H and O–H groups in total. The molecule has 0 aromatic heterocycles. The van der Waals surface area contributed by atoms with Gasteiger partial charge in [-0.3, -0.25) is 0 Å². The van der Waals surface area contributed by atoms with Gasteiger partial charge in [0, 0.05) is 18.7 Å². The molecular weight excluding hydrogens is 328 g/mol. The molecule has 128 valence electrons. The third-order valence-electron chi connectivity index (χ3n) is 2.55. The molecule has 0 amide bonds. The van der Waals surface area contributed by atoms with Crippen LogP contribution in [0.4, 0.5) is 0 Å². The molecule has 0 saturated carbocycles. The Bertz CT molecular complexity index is 527. The number of hydrogen-bond acceptors (Lipinski definition) is 5. The highest BCUT2D eigenvalue weighted by Crippen LogP contribution is 2.16. The van der Waals surface area contributed by atoms with E-state index in [0.29, 0.717) is 25.6 Å². The van der Waals surface area contributed by atoms with E-state index < -0.39 is 15.6 Å². The number of ether oxygens (including phenoxy) is 2. The van der Waals surface area contributed by atoms with Gasteiger partial charge in [0.15, 0.2) is 0 Å². The van der Waals surface area contributed by atoms with Crippen molar-refractivity contribution >= 4 is 22.4 Å². The summed E-state index contributed by atoms with van der Waals surface area (Å²) in [6, 6.07) is 6.24. The fraction of sp³-hybridized carbons (Fsp3) is 0.571. The van der Waals surface area contributed by atoms with Gasteiger partial charge in [0.1, 0.15) is 12.4 Å². The van der Waals surface area contributed by atoms with E-state index in [1.807, 2.05) is 6.92 Å². The predicted octanol–water partition coefficient (Wildman–Crippen LogP) is 1.54. The lowest BCUT2D eigenvalue weighted by atomic mass is 10.1. The fourth-order valence-corrected chi connectivity index (χ4v) is 2.67. The second kappa shape index (κ2) is 9.32. The first-order valence-corrected chi connectivity index (χ1v) is 8.32. The minimum absolute atomic E-state index is 0. The van der Waals surface area contributed by atoms with E-state index >= 15 is 0 Å². The average Bonchev–Trinajstić information content (AvgIpc) is 2.41. The first-order valence-electron chi connectivity index (χ1n) is 6.84. The zero-order valence-corrected chi connectivity index (χ0v) is 14.8. The molecule has 0 atom stereocenters. The highest BCUT2D eigenvalue weighted by atomic mass is 35.5. The molecule has 0 spiro atoms. The van der Waals surface area contributed by atoms with E-state index in [-0.39, 0.29) is 23.8 Å². The van der Waals surface area contributed by atoms with Crippen molar-refractivity contribution < 1.29 is 17.9 Å². The molecule has 0 aliphatic carbocycles. The predicted molar refractivity (Wildman–Crippen MR) is 89.1 cm³/mol. The van der Waals surface area contributed by atoms with Crippen molar-refractivity contribution in [3.8, 4) is 5.75 Å². The molecule has 1 rings (SSSR count). The quantitative estimate of drug-likeness (QED) is 0.658. The van der Waals surface area contributed by atoms with Gasteiger partial charge in [-0.2, -0.15) is 0 Å². The summed E-state index contributed by atoms with van der Waals surface area (Å²) in [7, 11) is -3.55. The molecular formula is C14H25ClN2O4S. The van der Waals surface area contributed by atoms with Gasteiger partial charge in [0.2, 0.25) is 10.0 Å². The Kier molecular flexibility index (Phi) is 8.95. The lowest BCUT2D eigenvalue weighted by molar-refractivity contribution is 0.110. The second-order valence-electron chi connectivity index (χ2n) is 5.33. The average molecular weight is 353 g/mol. The number of nitrogens with two attached hydrogens (primary N) is 1. The van der Waals surface area contributed by atoms with Crippen molar-refractivity contribution in [2.75, 3.05) is 26.4 Å². The van der Waals surface area contributed by atoms with Gasteiger partial charge in [-0.25, -0.2) is 13.1 Å². The summed E-state index contributed by atoms with van der Waals surface area (Å²) < 4.78 is 37.2. The van der Waals surface area contributed by atoms with Crippen LogP contribution in [0.25, 0.3) is 0 Å². The van der Waals surface area contributed by atoms with Crippen LogP contribution in [0.15, 0.2) is 29.2 Å². The van der Waals surface area contributed by atoms with Crippen LogP contribution in [-0.2, 0) is 14.8 Å². The lowest BCUT2D eigenvalue weighted by Gasteiger charge is -2.19. The van der Waals surface area contributed by atoms with Crippen molar-refractivity contribution in [2.24, 2.45) is 5.73 Å². The zero-order valence-electron chi connectivity index (χ0n) is 13.2. The van der Waals surface area contributed by atoms with Crippen molar-refractivity contribution in [3.63, 3.8) is 0 Å². The number of nitrogens with one attached hydrogen (secondary N) is 1. The van der Waals surface area contributed by atoms with Crippen LogP contribution in [-0.4, -0.2) is 40.3 Å². The Morgan fingerprint density at radius 2 is 1.77 bits per heavy atom. The Morgan fingerprint density at radius 3 is 2.27 bits per heavy atom. The molecule has 1 aromatic carbocycles. The summed E-state index contributed by atoms with van der Waals surface area (Å²) in [5.74, 6) is 0.604. The minimum atomic E-state index is -3.55. The number of hydrogen-bond donors (Lipinski definition) is 2. The summed E-state index contributed by atoms with van der Waals surface area (Å²) >= 11 is 0. The molecule has 0 heterocycles. The van der Waals surface area contributed by atoms with Gasteiger partial charge < -0.3 is 15.2 Å². The molecule has 0 unspecified atom stereocenters. The smallest absolute Gasteiger partial charge is 0.240 e. The first-order chi connectivity index (χ1) is 9.74. The molecule has 0 aliphatic rings. The Labute approximate surface area is 138 Å². The Morgan fingerprint density at radius 1 is 1.18 bits per heavy atom. The van der Waals surface area contributed by atoms with Gasteiger partial charge in [-0.05, 0) is 45.0 Å². The number of halogens is 1. The van der Waals surface area contributed by atoms with E-state index in [4.69, 9.17) is 15.2 Å². The van der Waals surface area contributed by atoms with Crippen molar-refractivity contribution in [3.05, 3.63) is 24.3 Å². The third kappa shape index (κ3) is 7.95. The number of benzene rings is 1. The van der Waals surface area contributed by atoms with Crippen LogP contribution in [0.2, 0.25) is 0 Å². The molecule has 0 saturated heterocycles. The maximum absolute atomic E-state index is 12.1. The van der Waals surface area contributed by atoms with Crippen molar-refractivity contribution in [1.82, 2.24) is 4.72 Å². The van der Waals surface area contributed by atoms with Crippen LogP contribution in [0.5, 0.6) is 5.75 Å². The van der Waals surface area contributed by atoms with Crippen molar-refractivity contribution in [1.29, 1.82) is 0 Å². The van der Waals surface area contributed by atoms with E-state index in [9.17, 15) is 8.42 Å². The van der Waals surface area contributed by atoms with Crippen molar-refractivity contribution in [2.45, 2.75) is 31.2 Å². The summed E-state index contributed by atoms with van der Waals surface area (Å²) in [4.78, 5) is 0.184. The monoisotopic (exact) mass is 352 g/mol. The summed E-state index contributed by atoms with van der Waals surface area (Å²) in [5.41, 5.74) is 5.16. The van der Waals surface area contributed by atoms with Crippen LogP contribution >= 0.6 is 12.4 Å². The van der Waals surface area contributed by atoms with E-state index in [1.54, 1.807) is 26.0 Å². The molecule has 8 heteroatoms. The second-order valence-corrected chi connectivity index (χ2v) is 7.10. The molecule has 0 radical (unpaired) electrons. The molecule has 0 aliphatic heterocycles. The maximum atomic E-state index is 12.1. The topological polar surface area (TPSA) is 90.6 Å². The third-order valence-corrected chi connectivity index (χ3v) is 3.97. The molecule has 0 bridgehead atoms. The largest absolute Gasteiger partial charge is 0.491 e. The van der Waals surface area contributed by atoms with Gasteiger partial charge in [0.25, 0.3) is 0 Å². The van der Waals surface area contributed by atoms with Crippen LogP contribution in [0.3, 0.4) is 0 Å². The highest BCUT2D eigenvalue weighted by molar-refractivity contribution is 7.89. The molecule has 22 heavy (non-hydrogen) atoms. The maximum Gasteiger partial charge on any atom is 0.240 e. The fourth-order valence-electron chi connectivity index (χ4n) is 1.44. The van der Waals surface area contributed by atoms with Crippen LogP contribution < -0.4 is 15.2 Å². The first kappa shape index (κ1) is 21.1. The van der Waals surface area contributed by atoms with E-state index in [1.165, 1.54) is 12.1 Å². The molecule has 1 aromatic rings. The summed E-state index contributed by atoms with van der Waals surface area (Å²) in [6.07, 6.45) is 0. The Hall–Kier alpha value is -0.860.